The molecule has 0 radical (unpaired) electrons. The van der Waals surface area contributed by atoms with Crippen LogP contribution in [-0.2, 0) is 0 Å². The third-order valence-electron chi connectivity index (χ3n) is 3.73. The summed E-state index contributed by atoms with van der Waals surface area (Å²) in [5, 5.41) is 10.9. The summed E-state index contributed by atoms with van der Waals surface area (Å²) in [6, 6.07) is 6.23. The van der Waals surface area contributed by atoms with E-state index in [4.69, 9.17) is 9.15 Å². The van der Waals surface area contributed by atoms with Crippen LogP contribution < -0.4 is 4.74 Å². The van der Waals surface area contributed by atoms with Crippen molar-refractivity contribution >= 4 is 21.9 Å². The van der Waals surface area contributed by atoms with Crippen LogP contribution in [0.4, 0.5) is 8.78 Å². The molecule has 1 N–H and O–H groups in total. The van der Waals surface area contributed by atoms with Crippen molar-refractivity contribution in [3.63, 3.8) is 0 Å². The molecule has 0 spiro atoms. The molecule has 0 fully saturated rings. The van der Waals surface area contributed by atoms with Crippen LogP contribution in [0.5, 0.6) is 5.75 Å². The number of benzene rings is 2. The molecule has 0 unspecified atom stereocenters. The molecule has 1 atom stereocenters. The van der Waals surface area contributed by atoms with Crippen LogP contribution in [0.2, 0.25) is 0 Å². The van der Waals surface area contributed by atoms with Gasteiger partial charge >= 0.3 is 0 Å². The number of aliphatic hydroxyl groups is 1. The van der Waals surface area contributed by atoms with E-state index in [2.05, 4.69) is 6.58 Å². The van der Waals surface area contributed by atoms with E-state index in [0.29, 0.717) is 17.4 Å². The molecule has 1 aromatic heterocycles. The maximum absolute atomic E-state index is 14.6. The Hall–Kier alpha value is -2.40. The molecule has 23 heavy (non-hydrogen) atoms. The first-order valence-corrected chi connectivity index (χ1v) is 7.33. The molecule has 0 aliphatic carbocycles. The van der Waals surface area contributed by atoms with Gasteiger partial charge in [0.1, 0.15) is 0 Å². The molecule has 120 valence electrons. The molecular formula is C18H16F2O3. The first-order valence-electron chi connectivity index (χ1n) is 7.33. The van der Waals surface area contributed by atoms with Crippen molar-refractivity contribution in [3.8, 4) is 5.75 Å². The summed E-state index contributed by atoms with van der Waals surface area (Å²) in [7, 11) is 0. The number of furan rings is 1. The van der Waals surface area contributed by atoms with Crippen LogP contribution in [0.15, 0.2) is 41.3 Å². The predicted molar refractivity (Wildman–Crippen MR) is 84.6 cm³/mol. The summed E-state index contributed by atoms with van der Waals surface area (Å²) in [6.45, 7) is 5.58. The molecule has 0 saturated heterocycles. The monoisotopic (exact) mass is 318 g/mol. The first-order chi connectivity index (χ1) is 11.1. The molecule has 1 heterocycles. The maximum Gasteiger partial charge on any atom is 0.208 e. The third-order valence-corrected chi connectivity index (χ3v) is 3.73. The second-order valence-corrected chi connectivity index (χ2v) is 5.18. The van der Waals surface area contributed by atoms with Gasteiger partial charge in [0.15, 0.2) is 22.7 Å². The van der Waals surface area contributed by atoms with Crippen molar-refractivity contribution < 1.29 is 23.0 Å². The van der Waals surface area contributed by atoms with Gasteiger partial charge in [-0.05, 0) is 31.5 Å². The Morgan fingerprint density at radius 1 is 1.17 bits per heavy atom. The molecule has 2 aromatic carbocycles. The van der Waals surface area contributed by atoms with Crippen molar-refractivity contribution in [1.82, 2.24) is 0 Å². The average molecular weight is 318 g/mol. The molecule has 0 aliphatic heterocycles. The zero-order valence-corrected chi connectivity index (χ0v) is 12.6. The first kappa shape index (κ1) is 15.5. The van der Waals surface area contributed by atoms with Gasteiger partial charge in [0.05, 0.1) is 12.7 Å². The van der Waals surface area contributed by atoms with Crippen molar-refractivity contribution in [2.75, 3.05) is 6.61 Å². The Morgan fingerprint density at radius 2 is 1.83 bits per heavy atom. The molecule has 3 nitrogen and oxygen atoms in total. The molecule has 5 heteroatoms. The molecule has 0 bridgehead atoms. The number of aliphatic hydroxyl groups excluding tert-OH is 1. The highest BCUT2D eigenvalue weighted by Crippen LogP contribution is 2.37. The Morgan fingerprint density at radius 3 is 2.48 bits per heavy atom. The Balaban J connectivity index is 2.24. The Kier molecular flexibility index (Phi) is 4.05. The van der Waals surface area contributed by atoms with Gasteiger partial charge in [-0.25, -0.2) is 4.39 Å². The van der Waals surface area contributed by atoms with E-state index in [1.165, 1.54) is 18.2 Å². The van der Waals surface area contributed by atoms with Gasteiger partial charge in [0.25, 0.3) is 0 Å². The normalized spacial score (nSPS) is 12.7. The van der Waals surface area contributed by atoms with E-state index in [1.54, 1.807) is 19.1 Å². The van der Waals surface area contributed by atoms with Crippen LogP contribution in [0.25, 0.3) is 21.9 Å². The lowest BCUT2D eigenvalue weighted by Gasteiger charge is -2.09. The molecule has 0 saturated carbocycles. The van der Waals surface area contributed by atoms with Crippen LogP contribution >= 0.6 is 0 Å². The van der Waals surface area contributed by atoms with Crippen LogP contribution in [-0.4, -0.2) is 11.7 Å². The summed E-state index contributed by atoms with van der Waals surface area (Å²) in [5.74, 6) is -1.29. The number of hydrogen-bond acceptors (Lipinski definition) is 3. The lowest BCUT2D eigenvalue weighted by Crippen LogP contribution is -1.99. The quantitative estimate of drug-likeness (QED) is 0.682. The molecule has 0 amide bonds. The van der Waals surface area contributed by atoms with E-state index in [0.717, 1.165) is 0 Å². The topological polar surface area (TPSA) is 42.6 Å². The molecule has 3 rings (SSSR count). The molecule has 3 aromatic rings. The SMILES string of the molecule is C=CC[C@@H](O)c1ccc2c(oc3c(F)c(OCC)ccc32)c1F. The van der Waals surface area contributed by atoms with Gasteiger partial charge in [0, 0.05) is 16.3 Å². The van der Waals surface area contributed by atoms with Gasteiger partial charge in [-0.1, -0.05) is 12.1 Å². The largest absolute Gasteiger partial charge is 0.491 e. The standard InChI is InChI=1S/C18H16F2O3/c1-3-5-13(21)12-7-6-10-11-8-9-14(22-4-2)16(20)18(11)23-17(10)15(12)19/h3,6-9,13,21H,1,4-5H2,2H3/t13-/m1/s1. The summed E-state index contributed by atoms with van der Waals surface area (Å²) in [4.78, 5) is 0. The van der Waals surface area contributed by atoms with E-state index in [9.17, 15) is 13.9 Å². The van der Waals surface area contributed by atoms with Crippen molar-refractivity contribution in [2.45, 2.75) is 19.4 Å². The summed E-state index contributed by atoms with van der Waals surface area (Å²) < 4.78 is 39.6. The fraction of sp³-hybridized carbons (Fsp3) is 0.222. The summed E-state index contributed by atoms with van der Waals surface area (Å²) in [6.07, 6.45) is 0.695. The second-order valence-electron chi connectivity index (χ2n) is 5.18. The second kappa shape index (κ2) is 6.01. The Labute approximate surface area is 131 Å². The smallest absolute Gasteiger partial charge is 0.208 e. The number of ether oxygens (including phenoxy) is 1. The fourth-order valence-corrected chi connectivity index (χ4v) is 2.64. The zero-order chi connectivity index (χ0) is 16.6. The van der Waals surface area contributed by atoms with Crippen molar-refractivity contribution in [1.29, 1.82) is 0 Å². The Bertz CT molecular complexity index is 883. The van der Waals surface area contributed by atoms with E-state index in [1.807, 2.05) is 0 Å². The van der Waals surface area contributed by atoms with Gasteiger partial charge in [0.2, 0.25) is 5.82 Å². The van der Waals surface area contributed by atoms with Gasteiger partial charge < -0.3 is 14.3 Å². The van der Waals surface area contributed by atoms with E-state index >= 15 is 0 Å². The highest BCUT2D eigenvalue weighted by Gasteiger charge is 2.21. The lowest BCUT2D eigenvalue weighted by molar-refractivity contribution is 0.177. The highest BCUT2D eigenvalue weighted by atomic mass is 19.1. The highest BCUT2D eigenvalue weighted by molar-refractivity contribution is 6.05. The van der Waals surface area contributed by atoms with Crippen LogP contribution in [0.1, 0.15) is 25.0 Å². The number of hydrogen-bond donors (Lipinski definition) is 1. The predicted octanol–water partition coefficient (Wildman–Crippen LogP) is 4.87. The molecular weight excluding hydrogens is 302 g/mol. The minimum Gasteiger partial charge on any atom is -0.491 e. The number of halogens is 2. The fourth-order valence-electron chi connectivity index (χ4n) is 2.64. The molecule has 0 aliphatic rings. The van der Waals surface area contributed by atoms with Gasteiger partial charge in [-0.3, -0.25) is 0 Å². The number of rotatable bonds is 5. The minimum absolute atomic E-state index is 0.0554. The zero-order valence-electron chi connectivity index (χ0n) is 12.6. The van der Waals surface area contributed by atoms with Crippen molar-refractivity contribution in [3.05, 3.63) is 54.1 Å². The third kappa shape index (κ3) is 2.47. The van der Waals surface area contributed by atoms with E-state index < -0.39 is 17.7 Å². The van der Waals surface area contributed by atoms with E-state index in [-0.39, 0.29) is 28.9 Å². The summed E-state index contributed by atoms with van der Waals surface area (Å²) in [5.41, 5.74) is -0.0322. The minimum atomic E-state index is -1.02. The lowest BCUT2D eigenvalue weighted by atomic mass is 10.0. The van der Waals surface area contributed by atoms with Gasteiger partial charge in [-0.15, -0.1) is 6.58 Å². The van der Waals surface area contributed by atoms with Gasteiger partial charge in [-0.2, -0.15) is 4.39 Å². The maximum atomic E-state index is 14.6. The summed E-state index contributed by atoms with van der Waals surface area (Å²) >= 11 is 0. The van der Waals surface area contributed by atoms with Crippen LogP contribution in [0.3, 0.4) is 0 Å². The average Bonchev–Trinajstić information content (AvgIpc) is 2.91. The van der Waals surface area contributed by atoms with Crippen molar-refractivity contribution in [2.24, 2.45) is 0 Å². The van der Waals surface area contributed by atoms with Crippen LogP contribution in [0, 0.1) is 11.6 Å². The number of fused-ring (bicyclic) bond motifs is 3.